The molecule has 6 rings (SSSR count). The van der Waals surface area contributed by atoms with Crippen LogP contribution in [0.2, 0.25) is 0 Å². The predicted molar refractivity (Wildman–Crippen MR) is 180 cm³/mol. The Labute approximate surface area is 259 Å². The van der Waals surface area contributed by atoms with Crippen molar-refractivity contribution in [2.45, 2.75) is 31.2 Å². The van der Waals surface area contributed by atoms with E-state index < -0.39 is 24.1 Å². The van der Waals surface area contributed by atoms with Gasteiger partial charge in [-0.1, -0.05) is 113 Å². The fourth-order valence-corrected chi connectivity index (χ4v) is 9.29. The number of rotatable bonds is 9. The van der Waals surface area contributed by atoms with Crippen molar-refractivity contribution in [3.8, 4) is 11.5 Å². The Kier molecular flexibility index (Phi) is 8.04. The summed E-state index contributed by atoms with van der Waals surface area (Å²) in [7, 11) is -6.61. The van der Waals surface area contributed by atoms with Crippen molar-refractivity contribution >= 4 is 45.8 Å². The Morgan fingerprint density at radius 1 is 0.636 bits per heavy atom. The number of anilines is 1. The van der Waals surface area contributed by atoms with Gasteiger partial charge >= 0.3 is 8.53 Å². The van der Waals surface area contributed by atoms with Gasteiger partial charge in [0.2, 0.25) is 0 Å². The molecular formula is C36H33N2O4PS. The van der Waals surface area contributed by atoms with Crippen molar-refractivity contribution in [1.29, 1.82) is 0 Å². The molecule has 0 spiro atoms. The lowest BCUT2D eigenvalue weighted by Crippen LogP contribution is -2.44. The van der Waals surface area contributed by atoms with E-state index in [1.54, 1.807) is 30.3 Å². The van der Waals surface area contributed by atoms with Crippen LogP contribution >= 0.6 is 8.53 Å². The number of nitrogens with zero attached hydrogens (tertiary/aromatic N) is 1. The molecule has 0 unspecified atom stereocenters. The first-order valence-electron chi connectivity index (χ1n) is 14.2. The van der Waals surface area contributed by atoms with Crippen LogP contribution in [0.25, 0.3) is 21.5 Å². The molecule has 6 aromatic carbocycles. The van der Waals surface area contributed by atoms with Gasteiger partial charge in [0.25, 0.3) is 10.0 Å². The molecular weight excluding hydrogens is 587 g/mol. The molecule has 0 aromatic heterocycles. The Balaban J connectivity index is 1.60. The van der Waals surface area contributed by atoms with Gasteiger partial charge < -0.3 is 14.8 Å². The summed E-state index contributed by atoms with van der Waals surface area (Å²) < 4.78 is 44.6. The van der Waals surface area contributed by atoms with E-state index in [0.717, 1.165) is 27.1 Å². The molecule has 0 aliphatic carbocycles. The second kappa shape index (κ2) is 11.9. The Morgan fingerprint density at radius 2 is 1.11 bits per heavy atom. The van der Waals surface area contributed by atoms with Gasteiger partial charge in [-0.2, -0.15) is 0 Å². The molecule has 0 heterocycles. The molecule has 44 heavy (non-hydrogen) atoms. The van der Waals surface area contributed by atoms with E-state index in [1.807, 2.05) is 124 Å². The summed E-state index contributed by atoms with van der Waals surface area (Å²) in [5, 5.41) is 3.61. The summed E-state index contributed by atoms with van der Waals surface area (Å²) in [5.74, 6) is 1.02. The van der Waals surface area contributed by atoms with Crippen molar-refractivity contribution in [3.63, 3.8) is 0 Å². The molecule has 0 fully saturated rings. The molecule has 0 aliphatic rings. The van der Waals surface area contributed by atoms with Crippen LogP contribution in [0.4, 0.5) is 5.69 Å². The highest BCUT2D eigenvalue weighted by molar-refractivity contribution is 7.93. The van der Waals surface area contributed by atoms with Gasteiger partial charge in [0.1, 0.15) is 11.5 Å². The van der Waals surface area contributed by atoms with Gasteiger partial charge in [-0.25, -0.2) is 8.42 Å². The van der Waals surface area contributed by atoms with Crippen LogP contribution in [0.15, 0.2) is 138 Å². The quantitative estimate of drug-likeness (QED) is 0.129. The normalized spacial score (nSPS) is 12.2. The standard InChI is InChI=1S/C36H33N2O4PS/c1-26-22-24-29(25-23-26)44(39,40)38(36(2,3)32-18-8-9-19-33(32)37)43(41-34-20-10-14-27-12-4-6-16-30(27)34)42-35-21-11-15-28-13-5-7-17-31(28)35/h4-25H,37H2,1-3H3. The van der Waals surface area contributed by atoms with Crippen molar-refractivity contribution in [1.82, 2.24) is 4.08 Å². The Bertz CT molecular complexity index is 1970. The molecule has 0 aliphatic heterocycles. The monoisotopic (exact) mass is 620 g/mol. The zero-order valence-corrected chi connectivity index (χ0v) is 26.4. The first kappa shape index (κ1) is 29.6. The highest BCUT2D eigenvalue weighted by Gasteiger charge is 2.49. The largest absolute Gasteiger partial charge is 0.426 e. The molecule has 222 valence electrons. The molecule has 0 saturated heterocycles. The second-order valence-electron chi connectivity index (χ2n) is 11.1. The number of nitrogens with two attached hydrogens (primary N) is 1. The average Bonchev–Trinajstić information content (AvgIpc) is 3.01. The lowest BCUT2D eigenvalue weighted by molar-refractivity contribution is 0.300. The summed E-state index contributed by atoms with van der Waals surface area (Å²) in [6, 6.07) is 41.2. The Hall–Kier alpha value is -4.42. The number of aryl methyl sites for hydroxylation is 1. The lowest BCUT2D eigenvalue weighted by Gasteiger charge is -2.40. The summed E-state index contributed by atoms with van der Waals surface area (Å²) >= 11 is 0. The van der Waals surface area contributed by atoms with Crippen LogP contribution in [-0.4, -0.2) is 12.5 Å². The molecule has 6 aromatic rings. The fraction of sp³-hybridized carbons (Fsp3) is 0.111. The van der Waals surface area contributed by atoms with Gasteiger partial charge in [-0.05, 0) is 67.4 Å². The number of fused-ring (bicyclic) bond motifs is 2. The highest BCUT2D eigenvalue weighted by atomic mass is 32.2. The van der Waals surface area contributed by atoms with Gasteiger partial charge in [0, 0.05) is 16.5 Å². The molecule has 0 atom stereocenters. The summed E-state index contributed by atoms with van der Waals surface area (Å²) in [5.41, 5.74) is 7.35. The third kappa shape index (κ3) is 5.62. The van der Waals surface area contributed by atoms with Gasteiger partial charge in [0.05, 0.1) is 10.4 Å². The van der Waals surface area contributed by atoms with Crippen molar-refractivity contribution in [2.24, 2.45) is 0 Å². The van der Waals surface area contributed by atoms with Crippen LogP contribution in [-0.2, 0) is 15.6 Å². The van der Waals surface area contributed by atoms with Crippen molar-refractivity contribution in [2.75, 3.05) is 5.73 Å². The maximum Gasteiger partial charge on any atom is 0.400 e. The van der Waals surface area contributed by atoms with Crippen LogP contribution in [0.1, 0.15) is 25.0 Å². The number of benzene rings is 6. The van der Waals surface area contributed by atoms with Crippen LogP contribution in [0, 0.1) is 6.92 Å². The molecule has 8 heteroatoms. The first-order valence-corrected chi connectivity index (χ1v) is 16.8. The zero-order chi connectivity index (χ0) is 30.9. The van der Waals surface area contributed by atoms with Crippen molar-refractivity contribution in [3.05, 3.63) is 145 Å². The van der Waals surface area contributed by atoms with Gasteiger partial charge in [0.15, 0.2) is 0 Å². The maximum absolute atomic E-state index is 14.9. The first-order chi connectivity index (χ1) is 21.2. The number of hydrogen-bond donors (Lipinski definition) is 1. The molecule has 0 saturated carbocycles. The second-order valence-corrected chi connectivity index (χ2v) is 14.4. The van der Waals surface area contributed by atoms with Crippen LogP contribution in [0.5, 0.6) is 11.5 Å². The number of para-hydroxylation sites is 1. The number of sulfonamides is 1. The van der Waals surface area contributed by atoms with Gasteiger partial charge in [-0.15, -0.1) is 0 Å². The minimum Gasteiger partial charge on any atom is -0.426 e. The van der Waals surface area contributed by atoms with E-state index in [2.05, 4.69) is 0 Å². The molecule has 6 nitrogen and oxygen atoms in total. The SMILES string of the molecule is Cc1ccc(S(=O)(=O)N(P(Oc2cccc3ccccc23)Oc2cccc3ccccc23)C(C)(C)c2ccccc2N)cc1. The zero-order valence-electron chi connectivity index (χ0n) is 24.7. The van der Waals surface area contributed by atoms with E-state index >= 15 is 0 Å². The number of hydrogen-bond acceptors (Lipinski definition) is 5. The van der Waals surface area contributed by atoms with Crippen LogP contribution in [0.3, 0.4) is 0 Å². The van der Waals surface area contributed by atoms with E-state index in [4.69, 9.17) is 14.8 Å². The molecule has 0 radical (unpaired) electrons. The highest BCUT2D eigenvalue weighted by Crippen LogP contribution is 2.55. The topological polar surface area (TPSA) is 81.9 Å². The summed E-state index contributed by atoms with van der Waals surface area (Å²) in [6.07, 6.45) is 0. The van der Waals surface area contributed by atoms with Gasteiger partial charge in [-0.3, -0.25) is 0 Å². The summed E-state index contributed by atoms with van der Waals surface area (Å²) in [6.45, 7) is 5.58. The van der Waals surface area contributed by atoms with E-state index in [-0.39, 0.29) is 4.90 Å². The van der Waals surface area contributed by atoms with Crippen LogP contribution < -0.4 is 14.8 Å². The minimum absolute atomic E-state index is 0.126. The summed E-state index contributed by atoms with van der Waals surface area (Å²) in [4.78, 5) is 0.126. The Morgan fingerprint density at radius 3 is 1.66 bits per heavy atom. The molecule has 2 N–H and O–H groups in total. The predicted octanol–water partition coefficient (Wildman–Crippen LogP) is 9.19. The average molecular weight is 621 g/mol. The van der Waals surface area contributed by atoms with Crippen molar-refractivity contribution < 1.29 is 17.5 Å². The fourth-order valence-electron chi connectivity index (χ4n) is 5.37. The lowest BCUT2D eigenvalue weighted by atomic mass is 9.94. The maximum atomic E-state index is 14.9. The third-order valence-electron chi connectivity index (χ3n) is 7.65. The molecule has 0 bridgehead atoms. The van der Waals surface area contributed by atoms with E-state index in [0.29, 0.717) is 22.7 Å². The minimum atomic E-state index is -4.23. The molecule has 0 amide bonds. The van der Waals surface area contributed by atoms with E-state index in [9.17, 15) is 8.42 Å². The van der Waals surface area contributed by atoms with E-state index in [1.165, 1.54) is 4.08 Å². The third-order valence-corrected chi connectivity index (χ3v) is 12.0. The number of nitrogen functional groups attached to an aromatic ring is 1. The smallest absolute Gasteiger partial charge is 0.400 e.